The molecule has 0 aromatic carbocycles. The smallest absolute Gasteiger partial charge is 0.0895 e. The van der Waals surface area contributed by atoms with Gasteiger partial charge in [-0.3, -0.25) is 0 Å². The first-order valence-electron chi connectivity index (χ1n) is 4.91. The second kappa shape index (κ2) is 5.54. The van der Waals surface area contributed by atoms with Crippen LogP contribution in [0.5, 0.6) is 0 Å². The van der Waals surface area contributed by atoms with Crippen LogP contribution in [0.2, 0.25) is 0 Å². The Kier molecular flexibility index (Phi) is 4.66. The van der Waals surface area contributed by atoms with Crippen LogP contribution in [0.1, 0.15) is 19.3 Å². The van der Waals surface area contributed by atoms with Crippen molar-refractivity contribution in [3.05, 3.63) is 0 Å². The molecule has 0 saturated heterocycles. The van der Waals surface area contributed by atoms with Crippen LogP contribution in [0.3, 0.4) is 0 Å². The van der Waals surface area contributed by atoms with E-state index in [2.05, 4.69) is 5.32 Å². The minimum absolute atomic E-state index is 0.205. The molecule has 1 aliphatic carbocycles. The zero-order valence-corrected chi connectivity index (χ0v) is 7.82. The molecule has 0 aliphatic heterocycles. The van der Waals surface area contributed by atoms with Crippen molar-refractivity contribution in [3.8, 4) is 0 Å². The molecule has 4 nitrogen and oxygen atoms in total. The quantitative estimate of drug-likeness (QED) is 0.452. The predicted octanol–water partition coefficient (Wildman–Crippen LogP) is -0.910. The fourth-order valence-corrected chi connectivity index (χ4v) is 1.88. The summed E-state index contributed by atoms with van der Waals surface area (Å²) in [6, 6.07) is 0.311. The van der Waals surface area contributed by atoms with E-state index in [1.54, 1.807) is 0 Å². The number of hydrogen-bond acceptors (Lipinski definition) is 4. The van der Waals surface area contributed by atoms with Gasteiger partial charge in [0.15, 0.2) is 0 Å². The highest BCUT2D eigenvalue weighted by molar-refractivity contribution is 4.83. The minimum atomic E-state index is -0.681. The van der Waals surface area contributed by atoms with Crippen molar-refractivity contribution >= 4 is 0 Å². The zero-order valence-electron chi connectivity index (χ0n) is 7.82. The first-order valence-corrected chi connectivity index (χ1v) is 4.91. The van der Waals surface area contributed by atoms with Crippen LogP contribution in [0, 0.1) is 5.92 Å². The SMILES string of the molecule is OCC1CCCC1NC[C@H](O)CO. The lowest BCUT2D eigenvalue weighted by atomic mass is 10.1. The van der Waals surface area contributed by atoms with Crippen LogP contribution in [0.15, 0.2) is 0 Å². The van der Waals surface area contributed by atoms with E-state index in [-0.39, 0.29) is 13.2 Å². The largest absolute Gasteiger partial charge is 0.396 e. The molecule has 1 rings (SSSR count). The second-order valence-electron chi connectivity index (χ2n) is 3.72. The highest BCUT2D eigenvalue weighted by atomic mass is 16.3. The molecule has 1 aliphatic rings. The summed E-state index contributed by atoms with van der Waals surface area (Å²) >= 11 is 0. The Bertz CT molecular complexity index is 143. The lowest BCUT2D eigenvalue weighted by molar-refractivity contribution is 0.0884. The van der Waals surface area contributed by atoms with Crippen molar-refractivity contribution in [2.45, 2.75) is 31.4 Å². The molecule has 0 heterocycles. The van der Waals surface area contributed by atoms with Crippen molar-refractivity contribution in [3.63, 3.8) is 0 Å². The standard InChI is InChI=1S/C9H19NO3/c11-5-7-2-1-3-9(7)10-4-8(13)6-12/h7-13H,1-6H2/t7?,8-,9?/m0/s1. The van der Waals surface area contributed by atoms with Crippen LogP contribution in [-0.2, 0) is 0 Å². The summed E-state index contributed by atoms with van der Waals surface area (Å²) in [4.78, 5) is 0. The third-order valence-corrected chi connectivity index (χ3v) is 2.72. The Morgan fingerprint density at radius 2 is 2.08 bits per heavy atom. The van der Waals surface area contributed by atoms with Gasteiger partial charge >= 0.3 is 0 Å². The van der Waals surface area contributed by atoms with Gasteiger partial charge in [-0.25, -0.2) is 0 Å². The van der Waals surface area contributed by atoms with Gasteiger partial charge in [0.05, 0.1) is 12.7 Å². The molecule has 4 heteroatoms. The lowest BCUT2D eigenvalue weighted by Crippen LogP contribution is -2.39. The first-order chi connectivity index (χ1) is 6.27. The highest BCUT2D eigenvalue weighted by Crippen LogP contribution is 2.24. The van der Waals surface area contributed by atoms with Crippen molar-refractivity contribution in [1.82, 2.24) is 5.32 Å². The zero-order chi connectivity index (χ0) is 9.68. The average Bonchev–Trinajstić information content (AvgIpc) is 2.61. The summed E-state index contributed by atoms with van der Waals surface area (Å²) in [6.45, 7) is 0.425. The molecule has 0 amide bonds. The highest BCUT2D eigenvalue weighted by Gasteiger charge is 2.26. The minimum Gasteiger partial charge on any atom is -0.396 e. The third-order valence-electron chi connectivity index (χ3n) is 2.72. The van der Waals surface area contributed by atoms with E-state index in [1.165, 1.54) is 0 Å². The van der Waals surface area contributed by atoms with Crippen molar-refractivity contribution in [2.75, 3.05) is 19.8 Å². The number of rotatable bonds is 5. The number of aliphatic hydroxyl groups excluding tert-OH is 3. The van der Waals surface area contributed by atoms with Crippen LogP contribution >= 0.6 is 0 Å². The van der Waals surface area contributed by atoms with Crippen molar-refractivity contribution < 1.29 is 15.3 Å². The second-order valence-corrected chi connectivity index (χ2v) is 3.72. The molecule has 78 valence electrons. The Morgan fingerprint density at radius 3 is 2.69 bits per heavy atom. The Hall–Kier alpha value is -0.160. The molecule has 0 spiro atoms. The summed E-state index contributed by atoms with van der Waals surface area (Å²) in [5.41, 5.74) is 0. The number of hydrogen-bond donors (Lipinski definition) is 4. The van der Waals surface area contributed by atoms with Crippen LogP contribution in [0.4, 0.5) is 0 Å². The number of aliphatic hydroxyl groups is 3. The Balaban J connectivity index is 2.19. The van der Waals surface area contributed by atoms with E-state index in [9.17, 15) is 0 Å². The molecular formula is C9H19NO3. The molecular weight excluding hydrogens is 170 g/mol. The van der Waals surface area contributed by atoms with Crippen molar-refractivity contribution in [1.29, 1.82) is 0 Å². The van der Waals surface area contributed by atoms with Gasteiger partial charge in [-0.15, -0.1) is 0 Å². The van der Waals surface area contributed by atoms with Crippen LogP contribution in [-0.4, -0.2) is 47.2 Å². The Labute approximate surface area is 78.6 Å². The van der Waals surface area contributed by atoms with Gasteiger partial charge in [-0.05, 0) is 18.8 Å². The molecule has 0 aromatic rings. The normalized spacial score (nSPS) is 30.7. The van der Waals surface area contributed by atoms with Gasteiger partial charge in [-0.1, -0.05) is 6.42 Å². The third kappa shape index (κ3) is 3.23. The summed E-state index contributed by atoms with van der Waals surface area (Å²) in [6.07, 6.45) is 2.57. The van der Waals surface area contributed by atoms with E-state index in [0.29, 0.717) is 18.5 Å². The van der Waals surface area contributed by atoms with E-state index in [1.807, 2.05) is 0 Å². The molecule has 1 saturated carbocycles. The maximum absolute atomic E-state index is 9.10. The van der Waals surface area contributed by atoms with Gasteiger partial charge in [0.2, 0.25) is 0 Å². The molecule has 4 N–H and O–H groups in total. The van der Waals surface area contributed by atoms with Gasteiger partial charge < -0.3 is 20.6 Å². The molecule has 0 radical (unpaired) electrons. The fourth-order valence-electron chi connectivity index (χ4n) is 1.88. The monoisotopic (exact) mass is 189 g/mol. The van der Waals surface area contributed by atoms with Gasteiger partial charge in [0.1, 0.15) is 0 Å². The van der Waals surface area contributed by atoms with E-state index in [4.69, 9.17) is 15.3 Å². The summed E-state index contributed by atoms with van der Waals surface area (Å²) in [5.74, 6) is 0.325. The van der Waals surface area contributed by atoms with E-state index < -0.39 is 6.10 Å². The average molecular weight is 189 g/mol. The first kappa shape index (κ1) is 10.9. The van der Waals surface area contributed by atoms with E-state index in [0.717, 1.165) is 19.3 Å². The summed E-state index contributed by atoms with van der Waals surface area (Å²) < 4.78 is 0. The van der Waals surface area contributed by atoms with Gasteiger partial charge in [0, 0.05) is 19.2 Å². The van der Waals surface area contributed by atoms with Crippen LogP contribution < -0.4 is 5.32 Å². The number of nitrogens with one attached hydrogen (secondary N) is 1. The Morgan fingerprint density at radius 1 is 1.31 bits per heavy atom. The van der Waals surface area contributed by atoms with Gasteiger partial charge in [-0.2, -0.15) is 0 Å². The molecule has 2 unspecified atom stereocenters. The summed E-state index contributed by atoms with van der Waals surface area (Å²) in [7, 11) is 0. The lowest BCUT2D eigenvalue weighted by Gasteiger charge is -2.20. The summed E-state index contributed by atoms with van der Waals surface area (Å²) in [5, 5.41) is 29.9. The topological polar surface area (TPSA) is 72.7 Å². The molecule has 0 bridgehead atoms. The molecule has 3 atom stereocenters. The van der Waals surface area contributed by atoms with Crippen LogP contribution in [0.25, 0.3) is 0 Å². The van der Waals surface area contributed by atoms with Gasteiger partial charge in [0.25, 0.3) is 0 Å². The van der Waals surface area contributed by atoms with E-state index >= 15 is 0 Å². The predicted molar refractivity (Wildman–Crippen MR) is 49.3 cm³/mol. The molecule has 1 fully saturated rings. The van der Waals surface area contributed by atoms with Crippen molar-refractivity contribution in [2.24, 2.45) is 5.92 Å². The molecule has 13 heavy (non-hydrogen) atoms. The fraction of sp³-hybridized carbons (Fsp3) is 1.00. The maximum Gasteiger partial charge on any atom is 0.0895 e. The molecule has 0 aromatic heterocycles. The maximum atomic E-state index is 9.10.